The fourth-order valence-electron chi connectivity index (χ4n) is 4.85. The number of ether oxygens (including phenoxy) is 2. The molecule has 1 heterocycles. The molecule has 1 saturated carbocycles. The van der Waals surface area contributed by atoms with Gasteiger partial charge in [0.05, 0.1) is 6.10 Å². The van der Waals surface area contributed by atoms with Gasteiger partial charge in [-0.1, -0.05) is 30.3 Å². The van der Waals surface area contributed by atoms with E-state index in [1.807, 2.05) is 18.2 Å². The van der Waals surface area contributed by atoms with E-state index in [-0.39, 0.29) is 23.8 Å². The summed E-state index contributed by atoms with van der Waals surface area (Å²) >= 11 is 0. The van der Waals surface area contributed by atoms with Gasteiger partial charge in [-0.3, -0.25) is 9.59 Å². The zero-order valence-corrected chi connectivity index (χ0v) is 18.4. The Labute approximate surface area is 184 Å². The molecule has 3 unspecified atom stereocenters. The van der Waals surface area contributed by atoms with Crippen LogP contribution in [0.2, 0.25) is 0 Å². The number of esters is 1. The minimum absolute atomic E-state index is 0.0412. The predicted molar refractivity (Wildman–Crippen MR) is 121 cm³/mol. The average Bonchev–Trinajstić information content (AvgIpc) is 2.73. The number of Topliss-reactive ketones (excluding diaryl/α,β-unsaturated/α-hetero) is 1. The Hall–Kier alpha value is -2.82. The summed E-state index contributed by atoms with van der Waals surface area (Å²) in [5.74, 6) is 1.63. The van der Waals surface area contributed by atoms with Crippen LogP contribution in [-0.2, 0) is 16.0 Å². The molecule has 2 aromatic rings. The number of carbonyl (C=O) groups excluding carboxylic acids is 2. The van der Waals surface area contributed by atoms with Crippen molar-refractivity contribution in [1.82, 2.24) is 0 Å². The zero-order valence-electron chi connectivity index (χ0n) is 18.4. The van der Waals surface area contributed by atoms with Crippen LogP contribution >= 0.6 is 0 Å². The van der Waals surface area contributed by atoms with E-state index < -0.39 is 0 Å². The molecular weight excluding hydrogens is 390 g/mol. The molecule has 0 amide bonds. The summed E-state index contributed by atoms with van der Waals surface area (Å²) < 4.78 is 11.8. The summed E-state index contributed by atoms with van der Waals surface area (Å²) in [7, 11) is 0. The van der Waals surface area contributed by atoms with E-state index in [4.69, 9.17) is 9.47 Å². The number of anilines is 1. The number of nitrogens with one attached hydrogen (secondary N) is 1. The smallest absolute Gasteiger partial charge is 0.308 e. The third kappa shape index (κ3) is 5.27. The number of aryl methyl sites for hydroxylation is 1. The highest BCUT2D eigenvalue weighted by Crippen LogP contribution is 2.48. The van der Waals surface area contributed by atoms with Crippen molar-refractivity contribution in [3.05, 3.63) is 53.6 Å². The molecule has 5 heteroatoms. The van der Waals surface area contributed by atoms with Crippen molar-refractivity contribution in [3.8, 4) is 11.5 Å². The van der Waals surface area contributed by atoms with Crippen molar-refractivity contribution in [3.63, 3.8) is 0 Å². The largest absolute Gasteiger partial charge is 0.491 e. The molecule has 5 nitrogen and oxygen atoms in total. The third-order valence-electron chi connectivity index (χ3n) is 6.36. The van der Waals surface area contributed by atoms with Gasteiger partial charge in [0.25, 0.3) is 0 Å². The molecule has 1 fully saturated rings. The normalized spacial score (nSPS) is 20.8. The predicted octanol–water partition coefficient (Wildman–Crippen LogP) is 5.28. The second-order valence-electron chi connectivity index (χ2n) is 8.81. The van der Waals surface area contributed by atoms with Crippen LogP contribution in [-0.4, -0.2) is 24.4 Å². The van der Waals surface area contributed by atoms with Gasteiger partial charge in [0.15, 0.2) is 0 Å². The molecule has 3 atom stereocenters. The van der Waals surface area contributed by atoms with Crippen LogP contribution in [0.1, 0.15) is 63.0 Å². The summed E-state index contributed by atoms with van der Waals surface area (Å²) in [5.41, 5.74) is 3.20. The number of fused-ring (bicyclic) bond motifs is 3. The lowest BCUT2D eigenvalue weighted by Gasteiger charge is -2.38. The zero-order chi connectivity index (χ0) is 21.8. The Kier molecular flexibility index (Phi) is 6.59. The number of benzene rings is 2. The number of ketones is 1. The van der Waals surface area contributed by atoms with Crippen LogP contribution in [0.25, 0.3) is 0 Å². The number of hydrogen-bond donors (Lipinski definition) is 1. The van der Waals surface area contributed by atoms with Crippen LogP contribution in [0.15, 0.2) is 42.5 Å². The van der Waals surface area contributed by atoms with Crippen molar-refractivity contribution < 1.29 is 19.1 Å². The number of rotatable bonds is 7. The summed E-state index contributed by atoms with van der Waals surface area (Å²) in [6.45, 7) is 4.31. The molecular formula is C26H31NO4. The first kappa shape index (κ1) is 21.4. The van der Waals surface area contributed by atoms with Crippen LogP contribution in [0.5, 0.6) is 11.5 Å². The summed E-state index contributed by atoms with van der Waals surface area (Å²) in [5, 5.41) is 3.49. The molecule has 0 bridgehead atoms. The molecule has 1 aliphatic heterocycles. The Morgan fingerprint density at radius 2 is 2.03 bits per heavy atom. The highest BCUT2D eigenvalue weighted by atomic mass is 16.5. The Morgan fingerprint density at radius 1 is 1.23 bits per heavy atom. The van der Waals surface area contributed by atoms with Crippen molar-refractivity contribution in [1.29, 1.82) is 0 Å². The lowest BCUT2D eigenvalue weighted by molar-refractivity contribution is -0.131. The minimum Gasteiger partial charge on any atom is -0.491 e. The molecule has 0 radical (unpaired) electrons. The van der Waals surface area contributed by atoms with E-state index in [2.05, 4.69) is 36.5 Å². The van der Waals surface area contributed by atoms with E-state index in [0.29, 0.717) is 30.3 Å². The van der Waals surface area contributed by atoms with Gasteiger partial charge in [0, 0.05) is 55.6 Å². The average molecular weight is 422 g/mol. The van der Waals surface area contributed by atoms with E-state index in [0.717, 1.165) is 43.5 Å². The van der Waals surface area contributed by atoms with Crippen molar-refractivity contribution >= 4 is 17.4 Å². The van der Waals surface area contributed by atoms with Gasteiger partial charge in [-0.15, -0.1) is 0 Å². The highest BCUT2D eigenvalue weighted by molar-refractivity contribution is 5.82. The monoisotopic (exact) mass is 421 g/mol. The fourth-order valence-corrected chi connectivity index (χ4v) is 4.85. The van der Waals surface area contributed by atoms with Crippen LogP contribution < -0.4 is 14.8 Å². The van der Waals surface area contributed by atoms with Gasteiger partial charge in [0.2, 0.25) is 0 Å². The fraction of sp³-hybridized carbons (Fsp3) is 0.462. The molecule has 1 N–H and O–H groups in total. The van der Waals surface area contributed by atoms with Gasteiger partial charge in [0.1, 0.15) is 17.3 Å². The molecule has 0 aromatic heterocycles. The van der Waals surface area contributed by atoms with Crippen molar-refractivity contribution in [2.75, 3.05) is 11.9 Å². The second-order valence-corrected chi connectivity index (χ2v) is 8.81. The van der Waals surface area contributed by atoms with Gasteiger partial charge in [-0.05, 0) is 44.1 Å². The van der Waals surface area contributed by atoms with Crippen LogP contribution in [0.3, 0.4) is 0 Å². The molecule has 0 spiro atoms. The van der Waals surface area contributed by atoms with E-state index >= 15 is 0 Å². The molecule has 2 aromatic carbocycles. The van der Waals surface area contributed by atoms with E-state index in [1.54, 1.807) is 0 Å². The Balaban J connectivity index is 1.48. The van der Waals surface area contributed by atoms with Gasteiger partial charge in [-0.2, -0.15) is 0 Å². The molecule has 0 saturated heterocycles. The van der Waals surface area contributed by atoms with Gasteiger partial charge < -0.3 is 14.8 Å². The van der Waals surface area contributed by atoms with E-state index in [9.17, 15) is 9.59 Å². The summed E-state index contributed by atoms with van der Waals surface area (Å²) in [6.07, 6.45) is 5.08. The third-order valence-corrected chi connectivity index (χ3v) is 6.36. The molecule has 1 aliphatic carbocycles. The second kappa shape index (κ2) is 9.54. The summed E-state index contributed by atoms with van der Waals surface area (Å²) in [4.78, 5) is 23.9. The van der Waals surface area contributed by atoms with Gasteiger partial charge in [-0.25, -0.2) is 0 Å². The standard InChI is InChI=1S/C26H31NO4/c1-17(7-6-10-19-8-4-3-5-9-19)30-22-14-24-26(25(15-22)31-18(2)28)23-13-21(29)12-11-20(23)16-27-24/h3-5,8-9,14-15,17,20,23,27H,6-7,10-13,16H2,1-2H3. The Bertz CT molecular complexity index is 940. The lowest BCUT2D eigenvalue weighted by atomic mass is 9.72. The molecule has 4 rings (SSSR count). The number of hydrogen-bond acceptors (Lipinski definition) is 5. The van der Waals surface area contributed by atoms with Crippen LogP contribution in [0, 0.1) is 5.92 Å². The maximum atomic E-state index is 12.1. The van der Waals surface area contributed by atoms with Crippen LogP contribution in [0.4, 0.5) is 5.69 Å². The summed E-state index contributed by atoms with van der Waals surface area (Å²) in [6, 6.07) is 14.3. The first-order valence-corrected chi connectivity index (χ1v) is 11.3. The first-order chi connectivity index (χ1) is 15.0. The molecule has 164 valence electrons. The minimum atomic E-state index is -0.362. The number of carbonyl (C=O) groups is 2. The highest BCUT2D eigenvalue weighted by Gasteiger charge is 2.37. The maximum absolute atomic E-state index is 12.1. The van der Waals surface area contributed by atoms with Gasteiger partial charge >= 0.3 is 5.97 Å². The molecule has 2 aliphatic rings. The maximum Gasteiger partial charge on any atom is 0.308 e. The first-order valence-electron chi connectivity index (χ1n) is 11.3. The Morgan fingerprint density at radius 3 is 2.81 bits per heavy atom. The van der Waals surface area contributed by atoms with Crippen molar-refractivity contribution in [2.24, 2.45) is 5.92 Å². The lowest BCUT2D eigenvalue weighted by Crippen LogP contribution is -2.33. The topological polar surface area (TPSA) is 64.6 Å². The SMILES string of the molecule is CC(=O)Oc1cc(OC(C)CCCc2ccccc2)cc2c1C1CC(=O)CCC1CN2. The quantitative estimate of drug-likeness (QED) is 0.487. The van der Waals surface area contributed by atoms with E-state index in [1.165, 1.54) is 12.5 Å². The molecule has 31 heavy (non-hydrogen) atoms. The van der Waals surface area contributed by atoms with Crippen molar-refractivity contribution in [2.45, 2.75) is 64.4 Å².